The van der Waals surface area contributed by atoms with Crippen LogP contribution in [0, 0.1) is 6.92 Å². The van der Waals surface area contributed by atoms with Gasteiger partial charge in [0.2, 0.25) is 0 Å². The van der Waals surface area contributed by atoms with Crippen molar-refractivity contribution in [1.29, 1.82) is 0 Å². The van der Waals surface area contributed by atoms with Gasteiger partial charge in [-0.15, -0.1) is 0 Å². The lowest BCUT2D eigenvalue weighted by Gasteiger charge is -2.24. The molecule has 0 aliphatic carbocycles. The largest absolute Gasteiger partial charge is 0.310 e. The first-order valence-electron chi connectivity index (χ1n) is 5.16. The molecule has 1 unspecified atom stereocenters. The van der Waals surface area contributed by atoms with E-state index >= 15 is 0 Å². The fourth-order valence-electron chi connectivity index (χ4n) is 2.02. The Morgan fingerprint density at radius 1 is 1.31 bits per heavy atom. The molecule has 0 spiro atoms. The molecule has 0 amide bonds. The van der Waals surface area contributed by atoms with E-state index in [1.807, 2.05) is 0 Å². The maximum absolute atomic E-state index is 3.56. The molecule has 1 N–H and O–H groups in total. The van der Waals surface area contributed by atoms with E-state index in [1.165, 1.54) is 36.9 Å². The first kappa shape index (κ1) is 8.76. The second kappa shape index (κ2) is 3.93. The summed E-state index contributed by atoms with van der Waals surface area (Å²) in [5.74, 6) is 0. The molecule has 1 aromatic rings. The number of piperidine rings is 1. The first-order valence-corrected chi connectivity index (χ1v) is 5.16. The Kier molecular flexibility index (Phi) is 2.65. The van der Waals surface area contributed by atoms with Crippen LogP contribution in [-0.2, 0) is 0 Å². The van der Waals surface area contributed by atoms with Gasteiger partial charge in [-0.1, -0.05) is 36.2 Å². The highest BCUT2D eigenvalue weighted by Crippen LogP contribution is 2.23. The Labute approximate surface area is 80.2 Å². The van der Waals surface area contributed by atoms with Gasteiger partial charge in [0.1, 0.15) is 0 Å². The molecule has 1 heterocycles. The Morgan fingerprint density at radius 3 is 2.92 bits per heavy atom. The summed E-state index contributed by atoms with van der Waals surface area (Å²) in [6.45, 7) is 3.34. The van der Waals surface area contributed by atoms with Crippen LogP contribution >= 0.6 is 0 Å². The number of aryl methyl sites for hydroxylation is 1. The monoisotopic (exact) mass is 175 g/mol. The third kappa shape index (κ3) is 2.10. The summed E-state index contributed by atoms with van der Waals surface area (Å²) in [5, 5.41) is 3.56. The topological polar surface area (TPSA) is 12.0 Å². The third-order valence-corrected chi connectivity index (χ3v) is 2.75. The molecule has 0 saturated carbocycles. The molecule has 1 aliphatic heterocycles. The summed E-state index contributed by atoms with van der Waals surface area (Å²) >= 11 is 0. The molecule has 0 bridgehead atoms. The van der Waals surface area contributed by atoms with E-state index in [0.717, 1.165) is 0 Å². The summed E-state index contributed by atoms with van der Waals surface area (Å²) in [6.07, 6.45) is 4.00. The van der Waals surface area contributed by atoms with Gasteiger partial charge in [-0.2, -0.15) is 0 Å². The van der Waals surface area contributed by atoms with E-state index in [4.69, 9.17) is 0 Å². The number of benzene rings is 1. The van der Waals surface area contributed by atoms with Crippen molar-refractivity contribution in [2.45, 2.75) is 32.2 Å². The predicted molar refractivity (Wildman–Crippen MR) is 55.8 cm³/mol. The second-order valence-electron chi connectivity index (χ2n) is 3.92. The van der Waals surface area contributed by atoms with Crippen LogP contribution in [0.5, 0.6) is 0 Å². The van der Waals surface area contributed by atoms with Gasteiger partial charge in [0, 0.05) is 6.04 Å². The summed E-state index contributed by atoms with van der Waals surface area (Å²) in [7, 11) is 0. The predicted octanol–water partition coefficient (Wildman–Crippen LogP) is 2.81. The van der Waals surface area contributed by atoms with Crippen LogP contribution in [0.4, 0.5) is 0 Å². The van der Waals surface area contributed by atoms with Gasteiger partial charge in [-0.05, 0) is 31.9 Å². The van der Waals surface area contributed by atoms with Crippen molar-refractivity contribution in [2.75, 3.05) is 6.54 Å². The lowest BCUT2D eigenvalue weighted by Crippen LogP contribution is -2.26. The molecule has 1 aliphatic rings. The Morgan fingerprint density at radius 2 is 2.23 bits per heavy atom. The standard InChI is InChI=1S/C12H17N/c1-10-5-4-6-11(9-10)12-7-2-3-8-13-12/h4-6,9,12-13H,2-3,7-8H2,1H3. The quantitative estimate of drug-likeness (QED) is 0.692. The second-order valence-corrected chi connectivity index (χ2v) is 3.92. The van der Waals surface area contributed by atoms with Gasteiger partial charge in [0.15, 0.2) is 0 Å². The molecule has 0 aromatic heterocycles. The van der Waals surface area contributed by atoms with Gasteiger partial charge < -0.3 is 5.32 Å². The molecule has 1 nitrogen and oxygen atoms in total. The minimum absolute atomic E-state index is 0.605. The number of rotatable bonds is 1. The zero-order chi connectivity index (χ0) is 9.10. The van der Waals surface area contributed by atoms with Crippen LogP contribution in [0.3, 0.4) is 0 Å². The molecule has 1 saturated heterocycles. The molecule has 0 radical (unpaired) electrons. The zero-order valence-electron chi connectivity index (χ0n) is 8.22. The van der Waals surface area contributed by atoms with E-state index in [1.54, 1.807) is 0 Å². The highest BCUT2D eigenvalue weighted by Gasteiger charge is 2.13. The Bertz CT molecular complexity index is 274. The molecule has 1 atom stereocenters. The fraction of sp³-hybridized carbons (Fsp3) is 0.500. The van der Waals surface area contributed by atoms with Crippen molar-refractivity contribution in [3.63, 3.8) is 0 Å². The third-order valence-electron chi connectivity index (χ3n) is 2.75. The SMILES string of the molecule is Cc1cccc(C2CCCCN2)c1. The number of hydrogen-bond donors (Lipinski definition) is 1. The maximum atomic E-state index is 3.56. The fourth-order valence-corrected chi connectivity index (χ4v) is 2.02. The Balaban J connectivity index is 2.14. The molecule has 2 rings (SSSR count). The van der Waals surface area contributed by atoms with Gasteiger partial charge in [0.05, 0.1) is 0 Å². The normalized spacial score (nSPS) is 23.0. The summed E-state index contributed by atoms with van der Waals surface area (Å²) < 4.78 is 0. The van der Waals surface area contributed by atoms with Crippen molar-refractivity contribution >= 4 is 0 Å². The van der Waals surface area contributed by atoms with Crippen molar-refractivity contribution in [3.05, 3.63) is 35.4 Å². The average molecular weight is 175 g/mol. The first-order chi connectivity index (χ1) is 6.36. The summed E-state index contributed by atoms with van der Waals surface area (Å²) in [6, 6.07) is 9.44. The van der Waals surface area contributed by atoms with Crippen molar-refractivity contribution in [1.82, 2.24) is 5.32 Å². The lowest BCUT2D eigenvalue weighted by atomic mass is 9.96. The molecule has 1 aromatic carbocycles. The highest BCUT2D eigenvalue weighted by atomic mass is 14.9. The van der Waals surface area contributed by atoms with Gasteiger partial charge in [-0.3, -0.25) is 0 Å². The molecule has 13 heavy (non-hydrogen) atoms. The van der Waals surface area contributed by atoms with Crippen molar-refractivity contribution < 1.29 is 0 Å². The van der Waals surface area contributed by atoms with E-state index in [9.17, 15) is 0 Å². The van der Waals surface area contributed by atoms with Crippen molar-refractivity contribution in [2.24, 2.45) is 0 Å². The van der Waals surface area contributed by atoms with E-state index in [0.29, 0.717) is 6.04 Å². The van der Waals surface area contributed by atoms with Crippen LogP contribution in [0.2, 0.25) is 0 Å². The van der Waals surface area contributed by atoms with E-state index in [-0.39, 0.29) is 0 Å². The summed E-state index contributed by atoms with van der Waals surface area (Å²) in [4.78, 5) is 0. The number of nitrogens with one attached hydrogen (secondary N) is 1. The molecular formula is C12H17N. The average Bonchev–Trinajstić information content (AvgIpc) is 2.19. The zero-order valence-corrected chi connectivity index (χ0v) is 8.22. The maximum Gasteiger partial charge on any atom is 0.0320 e. The minimum atomic E-state index is 0.605. The lowest BCUT2D eigenvalue weighted by molar-refractivity contribution is 0.412. The smallest absolute Gasteiger partial charge is 0.0320 e. The molecule has 1 heteroatoms. The van der Waals surface area contributed by atoms with Gasteiger partial charge in [0.25, 0.3) is 0 Å². The van der Waals surface area contributed by atoms with E-state index in [2.05, 4.69) is 36.5 Å². The summed E-state index contributed by atoms with van der Waals surface area (Å²) in [5.41, 5.74) is 2.82. The van der Waals surface area contributed by atoms with Crippen LogP contribution in [-0.4, -0.2) is 6.54 Å². The number of hydrogen-bond acceptors (Lipinski definition) is 1. The van der Waals surface area contributed by atoms with E-state index < -0.39 is 0 Å². The molecule has 70 valence electrons. The van der Waals surface area contributed by atoms with Crippen LogP contribution in [0.15, 0.2) is 24.3 Å². The minimum Gasteiger partial charge on any atom is -0.310 e. The molecule has 1 fully saturated rings. The van der Waals surface area contributed by atoms with Gasteiger partial charge >= 0.3 is 0 Å². The Hall–Kier alpha value is -0.820. The van der Waals surface area contributed by atoms with Crippen LogP contribution < -0.4 is 5.32 Å². The molecular weight excluding hydrogens is 158 g/mol. The van der Waals surface area contributed by atoms with Crippen LogP contribution in [0.25, 0.3) is 0 Å². The van der Waals surface area contributed by atoms with Crippen molar-refractivity contribution in [3.8, 4) is 0 Å². The van der Waals surface area contributed by atoms with Crippen LogP contribution in [0.1, 0.15) is 36.4 Å². The highest BCUT2D eigenvalue weighted by molar-refractivity contribution is 5.25. The van der Waals surface area contributed by atoms with Gasteiger partial charge in [-0.25, -0.2) is 0 Å².